The predicted octanol–water partition coefficient (Wildman–Crippen LogP) is 6.95. The van der Waals surface area contributed by atoms with E-state index in [4.69, 9.17) is 0 Å². The average molecular weight is 490 g/mol. The number of amides is 2. The van der Waals surface area contributed by atoms with E-state index in [0.29, 0.717) is 44.9 Å². The fourth-order valence-electron chi connectivity index (χ4n) is 12.5. The molecule has 8 fully saturated rings. The summed E-state index contributed by atoms with van der Waals surface area (Å²) in [6.45, 7) is 9.61. The third-order valence-electron chi connectivity index (χ3n) is 11.5. The Kier molecular flexibility index (Phi) is 4.47. The van der Waals surface area contributed by atoms with Crippen LogP contribution in [0.2, 0.25) is 0 Å². The van der Waals surface area contributed by atoms with Crippen molar-refractivity contribution in [1.29, 1.82) is 0 Å². The molecule has 0 radical (unpaired) electrons. The average Bonchev–Trinajstić information content (AvgIpc) is 2.68. The summed E-state index contributed by atoms with van der Waals surface area (Å²) in [5, 5.41) is 6.48. The Morgan fingerprint density at radius 1 is 0.639 bits per heavy atom. The molecule has 8 aliphatic rings. The van der Waals surface area contributed by atoms with E-state index < -0.39 is 0 Å². The van der Waals surface area contributed by atoms with Crippen LogP contribution in [0.3, 0.4) is 0 Å². The molecule has 36 heavy (non-hydrogen) atoms. The van der Waals surface area contributed by atoms with Crippen molar-refractivity contribution in [3.63, 3.8) is 0 Å². The molecule has 8 saturated carbocycles. The Labute approximate surface area is 216 Å². The molecule has 0 spiro atoms. The molecule has 8 bridgehead atoms. The van der Waals surface area contributed by atoms with Gasteiger partial charge in [-0.2, -0.15) is 0 Å². The molecular weight excluding hydrogens is 446 g/mol. The number of carbonyl (C=O) groups excluding carboxylic acids is 2. The Morgan fingerprint density at radius 3 is 1.33 bits per heavy atom. The van der Waals surface area contributed by atoms with E-state index in [1.807, 2.05) is 6.07 Å². The van der Waals surface area contributed by atoms with Crippen molar-refractivity contribution in [3.05, 3.63) is 18.5 Å². The van der Waals surface area contributed by atoms with Crippen LogP contribution in [0.1, 0.15) is 105 Å². The Hall–Kier alpha value is -1.91. The summed E-state index contributed by atoms with van der Waals surface area (Å²) in [6.07, 6.45) is 17.1. The fraction of sp³-hybridized carbons (Fsp3) is 0.774. The highest BCUT2D eigenvalue weighted by molar-refractivity contribution is 5.98. The van der Waals surface area contributed by atoms with Gasteiger partial charge in [0.15, 0.2) is 0 Å². The van der Waals surface area contributed by atoms with Crippen LogP contribution in [-0.4, -0.2) is 16.8 Å². The second-order valence-electron chi connectivity index (χ2n) is 16.2. The summed E-state index contributed by atoms with van der Waals surface area (Å²) < 4.78 is 0. The minimum Gasteiger partial charge on any atom is -0.324 e. The lowest BCUT2D eigenvalue weighted by molar-refractivity contribution is -0.165. The number of carbonyl (C=O) groups is 2. The van der Waals surface area contributed by atoms with Crippen LogP contribution in [-0.2, 0) is 9.59 Å². The highest BCUT2D eigenvalue weighted by Crippen LogP contribution is 2.71. The van der Waals surface area contributed by atoms with E-state index in [1.165, 1.54) is 38.5 Å². The number of aromatic nitrogens is 1. The summed E-state index contributed by atoms with van der Waals surface area (Å²) in [6, 6.07) is 1.91. The van der Waals surface area contributed by atoms with E-state index in [0.717, 1.165) is 38.5 Å². The van der Waals surface area contributed by atoms with Gasteiger partial charge in [-0.15, -0.1) is 0 Å². The molecule has 9 rings (SSSR count). The summed E-state index contributed by atoms with van der Waals surface area (Å²) in [4.78, 5) is 31.9. The van der Waals surface area contributed by atoms with Gasteiger partial charge in [0.25, 0.3) is 0 Å². The number of nitrogens with one attached hydrogen (secondary N) is 2. The molecular formula is C31H43N3O2. The van der Waals surface area contributed by atoms with Gasteiger partial charge in [0.2, 0.25) is 11.8 Å². The smallest absolute Gasteiger partial charge is 0.230 e. The lowest BCUT2D eigenvalue weighted by atomic mass is 9.40. The summed E-state index contributed by atoms with van der Waals surface area (Å²) in [5.41, 5.74) is 2.07. The minimum absolute atomic E-state index is 0.163. The van der Waals surface area contributed by atoms with E-state index in [-0.39, 0.29) is 22.6 Å². The van der Waals surface area contributed by atoms with Gasteiger partial charge < -0.3 is 10.6 Å². The van der Waals surface area contributed by atoms with Gasteiger partial charge in [-0.1, -0.05) is 27.7 Å². The largest absolute Gasteiger partial charge is 0.324 e. The zero-order valence-corrected chi connectivity index (χ0v) is 22.6. The molecule has 2 N–H and O–H groups in total. The van der Waals surface area contributed by atoms with Crippen molar-refractivity contribution >= 4 is 23.2 Å². The first-order chi connectivity index (χ1) is 16.8. The molecule has 8 aliphatic carbocycles. The lowest BCUT2D eigenvalue weighted by Crippen LogP contribution is -2.58. The molecule has 1 heterocycles. The molecule has 1 aromatic heterocycles. The van der Waals surface area contributed by atoms with Crippen molar-refractivity contribution in [2.75, 3.05) is 10.6 Å². The summed E-state index contributed by atoms with van der Waals surface area (Å²) in [7, 11) is 0. The number of pyridine rings is 1. The number of anilines is 2. The highest BCUT2D eigenvalue weighted by atomic mass is 16.2. The number of hydrogen-bond donors (Lipinski definition) is 2. The van der Waals surface area contributed by atoms with Crippen LogP contribution in [0.25, 0.3) is 0 Å². The zero-order chi connectivity index (χ0) is 25.2. The van der Waals surface area contributed by atoms with Crippen LogP contribution in [0, 0.1) is 44.3 Å². The predicted molar refractivity (Wildman–Crippen MR) is 141 cm³/mol. The van der Waals surface area contributed by atoms with Crippen LogP contribution in [0.4, 0.5) is 11.4 Å². The minimum atomic E-state index is -0.258. The van der Waals surface area contributed by atoms with Gasteiger partial charge in [-0.3, -0.25) is 14.6 Å². The van der Waals surface area contributed by atoms with Gasteiger partial charge in [-0.05, 0) is 117 Å². The third-order valence-corrected chi connectivity index (χ3v) is 11.5. The third kappa shape index (κ3) is 3.50. The van der Waals surface area contributed by atoms with Crippen LogP contribution in [0.15, 0.2) is 18.5 Å². The van der Waals surface area contributed by atoms with Crippen LogP contribution >= 0.6 is 0 Å². The van der Waals surface area contributed by atoms with E-state index in [2.05, 4.69) is 43.3 Å². The first kappa shape index (κ1) is 23.2. The van der Waals surface area contributed by atoms with Crippen molar-refractivity contribution < 1.29 is 9.59 Å². The maximum Gasteiger partial charge on any atom is 0.230 e. The quantitative estimate of drug-likeness (QED) is 0.481. The standard InChI is InChI=1S/C31H43N3O2/c1-26-6-20-7-27(2,14-26)17-30(10-20,16-26)24(35)33-22-5-23(13-32-12-22)34-25(36)31-11-21-8-28(3,18-31)15-29(4,9-21)19-31/h5,12-13,20-21H,6-11,14-19H2,1-4H3,(H,33,35)(H,34,36). The van der Waals surface area contributed by atoms with Gasteiger partial charge in [0.1, 0.15) is 0 Å². The molecule has 5 heteroatoms. The molecule has 0 saturated heterocycles. The molecule has 0 aliphatic heterocycles. The van der Waals surface area contributed by atoms with Gasteiger partial charge >= 0.3 is 0 Å². The molecule has 2 amide bonds. The van der Waals surface area contributed by atoms with Crippen LogP contribution in [0.5, 0.6) is 0 Å². The van der Waals surface area contributed by atoms with E-state index in [9.17, 15) is 9.59 Å². The highest BCUT2D eigenvalue weighted by Gasteiger charge is 2.64. The van der Waals surface area contributed by atoms with Gasteiger partial charge in [0.05, 0.1) is 34.6 Å². The van der Waals surface area contributed by atoms with Gasteiger partial charge in [-0.25, -0.2) is 0 Å². The first-order valence-electron chi connectivity index (χ1n) is 14.4. The molecule has 4 atom stereocenters. The number of hydrogen-bond acceptors (Lipinski definition) is 3. The van der Waals surface area contributed by atoms with E-state index >= 15 is 0 Å². The molecule has 5 nitrogen and oxygen atoms in total. The second kappa shape index (κ2) is 6.94. The summed E-state index contributed by atoms with van der Waals surface area (Å²) >= 11 is 0. The summed E-state index contributed by atoms with van der Waals surface area (Å²) in [5.74, 6) is 1.68. The van der Waals surface area contributed by atoms with Gasteiger partial charge in [0, 0.05) is 0 Å². The van der Waals surface area contributed by atoms with Crippen molar-refractivity contribution in [2.45, 2.75) is 105 Å². The Morgan fingerprint density at radius 2 is 1.00 bits per heavy atom. The fourth-order valence-corrected chi connectivity index (χ4v) is 12.5. The second-order valence-corrected chi connectivity index (χ2v) is 16.2. The van der Waals surface area contributed by atoms with Crippen LogP contribution < -0.4 is 10.6 Å². The molecule has 194 valence electrons. The zero-order valence-electron chi connectivity index (χ0n) is 22.6. The molecule has 4 unspecified atom stereocenters. The van der Waals surface area contributed by atoms with Crippen molar-refractivity contribution in [3.8, 4) is 0 Å². The number of nitrogens with zero attached hydrogens (tertiary/aromatic N) is 1. The van der Waals surface area contributed by atoms with E-state index in [1.54, 1.807) is 12.4 Å². The monoisotopic (exact) mass is 489 g/mol. The van der Waals surface area contributed by atoms with Crippen molar-refractivity contribution in [2.24, 2.45) is 44.3 Å². The normalized spacial score (nSPS) is 49.8. The maximum atomic E-state index is 13.8. The first-order valence-corrected chi connectivity index (χ1v) is 14.4. The maximum absolute atomic E-state index is 13.8. The topological polar surface area (TPSA) is 71.1 Å². The Balaban J connectivity index is 1.09. The lowest BCUT2D eigenvalue weighted by Gasteiger charge is -2.64. The molecule has 0 aromatic carbocycles. The SMILES string of the molecule is CC12CC3CC(C)(C1)CC(C(=O)Nc1cncc(NC(=O)C45CC6CC(C)(CC(C)(C6)C4)C5)c1)(C3)C2. The van der Waals surface area contributed by atoms with Crippen molar-refractivity contribution in [1.82, 2.24) is 4.98 Å². The number of rotatable bonds is 4. The molecule has 1 aromatic rings. The Bertz CT molecular complexity index is 1040.